The van der Waals surface area contributed by atoms with Crippen LogP contribution >= 0.6 is 0 Å². The number of hydrogen-bond acceptors (Lipinski definition) is 4. The Bertz CT molecular complexity index is 427. The van der Waals surface area contributed by atoms with Gasteiger partial charge in [-0.2, -0.15) is 0 Å². The van der Waals surface area contributed by atoms with Crippen molar-refractivity contribution >= 4 is 6.03 Å². The lowest BCUT2D eigenvalue weighted by atomic mass is 9.93. The first-order valence-electron chi connectivity index (χ1n) is 7.18. The summed E-state index contributed by atoms with van der Waals surface area (Å²) in [5.74, 6) is 0.866. The van der Waals surface area contributed by atoms with Gasteiger partial charge in [0.2, 0.25) is 0 Å². The minimum atomic E-state index is -0.917. The molecule has 0 aliphatic heterocycles. The second kappa shape index (κ2) is 7.47. The van der Waals surface area contributed by atoms with Crippen LogP contribution in [0.5, 0.6) is 0 Å². The molecule has 1 aromatic rings. The summed E-state index contributed by atoms with van der Waals surface area (Å²) in [6, 6.07) is 3.38. The van der Waals surface area contributed by atoms with Gasteiger partial charge in [-0.05, 0) is 39.1 Å². The molecule has 6 heteroatoms. The fraction of sp³-hybridized carbons (Fsp3) is 0.667. The van der Waals surface area contributed by atoms with Crippen molar-refractivity contribution in [2.75, 3.05) is 27.2 Å². The van der Waals surface area contributed by atoms with Gasteiger partial charge >= 0.3 is 6.03 Å². The van der Waals surface area contributed by atoms with Crippen molar-refractivity contribution < 1.29 is 14.3 Å². The highest BCUT2D eigenvalue weighted by molar-refractivity contribution is 5.73. The molecule has 0 spiro atoms. The van der Waals surface area contributed by atoms with Gasteiger partial charge < -0.3 is 20.2 Å². The molecular formula is C15H27N3O3. The standard InChI is InChI=1S/C15H27N3O3/c1-11(2)15(3,20)10-17-14(19)16-9-12(18(4)5)13-7-6-8-21-13/h6-8,11-12,20H,9-10H2,1-5H3,(H2,16,17,19). The Morgan fingerprint density at radius 2 is 2.10 bits per heavy atom. The van der Waals surface area contributed by atoms with Gasteiger partial charge in [-0.15, -0.1) is 0 Å². The van der Waals surface area contributed by atoms with Crippen LogP contribution in [0.25, 0.3) is 0 Å². The van der Waals surface area contributed by atoms with E-state index >= 15 is 0 Å². The van der Waals surface area contributed by atoms with E-state index < -0.39 is 5.60 Å². The van der Waals surface area contributed by atoms with E-state index in [-0.39, 0.29) is 24.5 Å². The SMILES string of the molecule is CC(C)C(C)(O)CNC(=O)NCC(c1ccco1)N(C)C. The van der Waals surface area contributed by atoms with E-state index in [2.05, 4.69) is 10.6 Å². The highest BCUT2D eigenvalue weighted by atomic mass is 16.3. The molecule has 6 nitrogen and oxygen atoms in total. The lowest BCUT2D eigenvalue weighted by Gasteiger charge is -2.28. The summed E-state index contributed by atoms with van der Waals surface area (Å²) in [7, 11) is 3.85. The minimum Gasteiger partial charge on any atom is -0.468 e. The highest BCUT2D eigenvalue weighted by Crippen LogP contribution is 2.17. The lowest BCUT2D eigenvalue weighted by molar-refractivity contribution is 0.0165. The van der Waals surface area contributed by atoms with E-state index in [9.17, 15) is 9.90 Å². The molecule has 0 aliphatic carbocycles. The van der Waals surface area contributed by atoms with Crippen LogP contribution in [0.3, 0.4) is 0 Å². The first kappa shape index (κ1) is 17.5. The van der Waals surface area contributed by atoms with Crippen LogP contribution in [0.15, 0.2) is 22.8 Å². The third-order valence-corrected chi connectivity index (χ3v) is 3.80. The average Bonchev–Trinajstić information content (AvgIpc) is 2.90. The number of aliphatic hydroxyl groups is 1. The number of rotatable bonds is 7. The van der Waals surface area contributed by atoms with Crippen LogP contribution in [-0.4, -0.2) is 48.8 Å². The molecule has 1 rings (SSSR count). The van der Waals surface area contributed by atoms with Crippen molar-refractivity contribution in [1.29, 1.82) is 0 Å². The maximum absolute atomic E-state index is 11.8. The van der Waals surface area contributed by atoms with Gasteiger partial charge in [0.05, 0.1) is 17.9 Å². The molecule has 120 valence electrons. The molecule has 2 atom stereocenters. The van der Waals surface area contributed by atoms with Crippen molar-refractivity contribution in [2.24, 2.45) is 5.92 Å². The van der Waals surface area contributed by atoms with Crippen LogP contribution in [0.4, 0.5) is 4.79 Å². The lowest BCUT2D eigenvalue weighted by Crippen LogP contribution is -2.48. The number of carbonyl (C=O) groups is 1. The zero-order valence-corrected chi connectivity index (χ0v) is 13.5. The third kappa shape index (κ3) is 5.40. The summed E-state index contributed by atoms with van der Waals surface area (Å²) in [5, 5.41) is 15.6. The van der Waals surface area contributed by atoms with Crippen LogP contribution < -0.4 is 10.6 Å². The Balaban J connectivity index is 2.44. The molecule has 0 bridgehead atoms. The number of amides is 2. The second-order valence-corrected chi connectivity index (χ2v) is 6.07. The Morgan fingerprint density at radius 3 is 2.57 bits per heavy atom. The van der Waals surface area contributed by atoms with E-state index in [1.54, 1.807) is 13.2 Å². The average molecular weight is 297 g/mol. The monoisotopic (exact) mass is 297 g/mol. The number of hydrogen-bond donors (Lipinski definition) is 3. The normalized spacial score (nSPS) is 15.8. The molecule has 1 aromatic heterocycles. The number of nitrogens with one attached hydrogen (secondary N) is 2. The molecule has 0 saturated heterocycles. The zero-order valence-electron chi connectivity index (χ0n) is 13.5. The van der Waals surface area contributed by atoms with E-state index in [0.29, 0.717) is 6.54 Å². The van der Waals surface area contributed by atoms with Gasteiger partial charge in [0.1, 0.15) is 5.76 Å². The third-order valence-electron chi connectivity index (χ3n) is 3.80. The smallest absolute Gasteiger partial charge is 0.314 e. The van der Waals surface area contributed by atoms with E-state index in [1.807, 2.05) is 45.0 Å². The summed E-state index contributed by atoms with van der Waals surface area (Å²) in [4.78, 5) is 13.8. The molecule has 0 aliphatic rings. The Kier molecular flexibility index (Phi) is 6.23. The largest absolute Gasteiger partial charge is 0.468 e. The van der Waals surface area contributed by atoms with Crippen LogP contribution in [0.2, 0.25) is 0 Å². The number of urea groups is 1. The summed E-state index contributed by atoms with van der Waals surface area (Å²) in [5.41, 5.74) is -0.917. The summed E-state index contributed by atoms with van der Waals surface area (Å²) in [6.45, 7) is 6.18. The summed E-state index contributed by atoms with van der Waals surface area (Å²) < 4.78 is 5.38. The predicted molar refractivity (Wildman–Crippen MR) is 82.0 cm³/mol. The van der Waals surface area contributed by atoms with Crippen LogP contribution in [0, 0.1) is 5.92 Å². The van der Waals surface area contributed by atoms with Crippen LogP contribution in [-0.2, 0) is 0 Å². The van der Waals surface area contributed by atoms with E-state index in [1.165, 1.54) is 0 Å². The summed E-state index contributed by atoms with van der Waals surface area (Å²) in [6.07, 6.45) is 1.62. The molecule has 0 fully saturated rings. The first-order chi connectivity index (χ1) is 9.74. The topological polar surface area (TPSA) is 77.7 Å². The fourth-order valence-corrected chi connectivity index (χ4v) is 1.73. The second-order valence-electron chi connectivity index (χ2n) is 6.07. The molecule has 21 heavy (non-hydrogen) atoms. The number of furan rings is 1. The van der Waals surface area contributed by atoms with Crippen LogP contribution in [0.1, 0.15) is 32.6 Å². The quantitative estimate of drug-likeness (QED) is 0.714. The predicted octanol–water partition coefficient (Wildman–Crippen LogP) is 1.59. The molecular weight excluding hydrogens is 270 g/mol. The van der Waals surface area contributed by atoms with Crippen molar-refractivity contribution in [3.63, 3.8) is 0 Å². The number of carbonyl (C=O) groups excluding carboxylic acids is 1. The molecule has 0 aromatic carbocycles. The number of likely N-dealkylation sites (N-methyl/N-ethyl adjacent to an activating group) is 1. The molecule has 0 radical (unpaired) electrons. The Morgan fingerprint density at radius 1 is 1.43 bits per heavy atom. The van der Waals surface area contributed by atoms with Crippen molar-refractivity contribution in [1.82, 2.24) is 15.5 Å². The van der Waals surface area contributed by atoms with Crippen molar-refractivity contribution in [3.05, 3.63) is 24.2 Å². The maximum atomic E-state index is 11.8. The fourth-order valence-electron chi connectivity index (χ4n) is 1.73. The van der Waals surface area contributed by atoms with Gasteiger partial charge in [-0.25, -0.2) is 4.79 Å². The van der Waals surface area contributed by atoms with Crippen molar-refractivity contribution in [3.8, 4) is 0 Å². The minimum absolute atomic E-state index is 0.0311. The Labute approximate surface area is 126 Å². The molecule has 3 N–H and O–H groups in total. The van der Waals surface area contributed by atoms with E-state index in [4.69, 9.17) is 4.42 Å². The molecule has 2 amide bonds. The summed E-state index contributed by atoms with van der Waals surface area (Å²) >= 11 is 0. The maximum Gasteiger partial charge on any atom is 0.314 e. The first-order valence-corrected chi connectivity index (χ1v) is 7.18. The van der Waals surface area contributed by atoms with Gasteiger partial charge in [0, 0.05) is 13.1 Å². The molecule has 1 heterocycles. The molecule has 2 unspecified atom stereocenters. The van der Waals surface area contributed by atoms with Gasteiger partial charge in [-0.3, -0.25) is 4.90 Å². The molecule has 0 saturated carbocycles. The van der Waals surface area contributed by atoms with E-state index in [0.717, 1.165) is 5.76 Å². The number of nitrogens with zero attached hydrogens (tertiary/aromatic N) is 1. The zero-order chi connectivity index (χ0) is 16.0. The van der Waals surface area contributed by atoms with Crippen molar-refractivity contribution in [2.45, 2.75) is 32.4 Å². The van der Waals surface area contributed by atoms with Gasteiger partial charge in [0.15, 0.2) is 0 Å². The highest BCUT2D eigenvalue weighted by Gasteiger charge is 2.25. The van der Waals surface area contributed by atoms with Gasteiger partial charge in [0.25, 0.3) is 0 Å². The van der Waals surface area contributed by atoms with Gasteiger partial charge in [-0.1, -0.05) is 13.8 Å². The Hall–Kier alpha value is -1.53.